The van der Waals surface area contributed by atoms with Crippen molar-refractivity contribution in [3.05, 3.63) is 88.0 Å². The summed E-state index contributed by atoms with van der Waals surface area (Å²) in [6.07, 6.45) is -0.543. The summed E-state index contributed by atoms with van der Waals surface area (Å²) in [6.45, 7) is 13.0. The molecule has 0 saturated carbocycles. The number of fused-ring (bicyclic) bond motifs is 1. The van der Waals surface area contributed by atoms with Crippen molar-refractivity contribution in [1.82, 2.24) is 0 Å². The van der Waals surface area contributed by atoms with E-state index >= 15 is 0 Å². The van der Waals surface area contributed by atoms with Crippen molar-refractivity contribution >= 4 is 44.2 Å². The van der Waals surface area contributed by atoms with Crippen LogP contribution < -0.4 is 15.3 Å². The Labute approximate surface area is 205 Å². The van der Waals surface area contributed by atoms with Crippen LogP contribution >= 0.6 is 0 Å². The maximum absolute atomic E-state index is 6.63. The topological polar surface area (TPSA) is 24.9 Å². The molecule has 0 radical (unpaired) electrons. The molecule has 4 nitrogen and oxygen atoms in total. The molecule has 2 saturated heterocycles. The van der Waals surface area contributed by atoms with Crippen molar-refractivity contribution in [3.63, 3.8) is 0 Å². The number of aryl methyl sites for hydroxylation is 6. The van der Waals surface area contributed by atoms with Gasteiger partial charge in [0.25, 0.3) is 0 Å². The summed E-state index contributed by atoms with van der Waals surface area (Å²) in [5, 5.41) is 0. The minimum atomic E-state index is -0.420. The SMILES string of the molecule is Cc1cc(C)c(N2C(=[Se])N(c3c(C)cc(C)cc3C)[C@H]3OB(c4ccccc4)O[C@H]32)c(C)c1. The molecule has 5 rings (SSSR count). The van der Waals surface area contributed by atoms with Crippen LogP contribution in [-0.4, -0.2) is 39.8 Å². The van der Waals surface area contributed by atoms with Gasteiger partial charge in [-0.25, -0.2) is 0 Å². The van der Waals surface area contributed by atoms with Crippen LogP contribution in [0.15, 0.2) is 54.6 Å². The van der Waals surface area contributed by atoms with Crippen LogP contribution in [0.4, 0.5) is 11.4 Å². The first-order chi connectivity index (χ1) is 15.8. The minimum absolute atomic E-state index is 0.272. The molecule has 2 fully saturated rings. The Morgan fingerprint density at radius 3 is 1.45 bits per heavy atom. The van der Waals surface area contributed by atoms with E-state index in [0.29, 0.717) is 0 Å². The molecule has 0 bridgehead atoms. The molecule has 0 spiro atoms. The quantitative estimate of drug-likeness (QED) is 0.501. The van der Waals surface area contributed by atoms with Crippen LogP contribution in [0.3, 0.4) is 0 Å². The van der Waals surface area contributed by atoms with E-state index in [9.17, 15) is 0 Å². The van der Waals surface area contributed by atoms with E-state index in [0.717, 1.165) is 10.1 Å². The van der Waals surface area contributed by atoms with Crippen LogP contribution in [-0.2, 0) is 9.31 Å². The summed E-state index contributed by atoms with van der Waals surface area (Å²) in [7, 11) is -0.420. The third-order valence-corrected chi connectivity index (χ3v) is 7.34. The zero-order valence-corrected chi connectivity index (χ0v) is 21.8. The van der Waals surface area contributed by atoms with E-state index in [-0.39, 0.29) is 12.5 Å². The van der Waals surface area contributed by atoms with Gasteiger partial charge in [-0.2, -0.15) is 0 Å². The second-order valence-electron chi connectivity index (χ2n) is 9.31. The zero-order chi connectivity index (χ0) is 23.4. The molecule has 3 aromatic carbocycles. The summed E-state index contributed by atoms with van der Waals surface area (Å²) in [4.78, 5) is 4.58. The fraction of sp³-hybridized carbons (Fsp3) is 0.296. The molecule has 6 heteroatoms. The van der Waals surface area contributed by atoms with Crippen LogP contribution in [0.1, 0.15) is 33.4 Å². The Balaban J connectivity index is 1.65. The average molecular weight is 503 g/mol. The Bertz CT molecular complexity index is 1120. The van der Waals surface area contributed by atoms with Crippen molar-refractivity contribution < 1.29 is 9.31 Å². The molecule has 0 amide bonds. The van der Waals surface area contributed by atoms with Gasteiger partial charge in [-0.15, -0.1) is 0 Å². The molecule has 0 aliphatic carbocycles. The van der Waals surface area contributed by atoms with E-state index in [1.54, 1.807) is 0 Å². The monoisotopic (exact) mass is 504 g/mol. The van der Waals surface area contributed by atoms with Gasteiger partial charge in [-0.05, 0) is 0 Å². The molecule has 2 aliphatic rings. The van der Waals surface area contributed by atoms with Gasteiger partial charge in [0.1, 0.15) is 0 Å². The van der Waals surface area contributed by atoms with Crippen molar-refractivity contribution in [2.24, 2.45) is 0 Å². The molecule has 168 valence electrons. The van der Waals surface area contributed by atoms with E-state index in [2.05, 4.69) is 103 Å². The second-order valence-corrected chi connectivity index (χ2v) is 10.1. The Morgan fingerprint density at radius 2 is 1.06 bits per heavy atom. The first-order valence-electron chi connectivity index (χ1n) is 11.4. The first-order valence-corrected chi connectivity index (χ1v) is 12.3. The molecule has 3 aromatic rings. The Kier molecular flexibility index (Phi) is 5.74. The molecule has 2 atom stereocenters. The third-order valence-electron chi connectivity index (χ3n) is 6.52. The summed E-state index contributed by atoms with van der Waals surface area (Å²) in [6, 6.07) is 19.1. The normalized spacial score (nSPS) is 20.1. The molecular formula is C27H29BN2O2Se. The number of hydrogen-bond donors (Lipinski definition) is 0. The fourth-order valence-corrected chi connectivity index (χ4v) is 6.27. The number of benzene rings is 3. The standard InChI is InChI=1S/C27H29BN2O2Se/c1-16-12-18(3)23(19(4)13-16)29-25-26(32-28(31-25)22-10-8-7-9-11-22)30(27(29)33)24-20(5)14-17(2)15-21(24)6/h7-15,25-26H,1-6H3/t25-,26+. The van der Waals surface area contributed by atoms with Gasteiger partial charge in [0.05, 0.1) is 0 Å². The molecule has 0 N–H and O–H groups in total. The summed E-state index contributed by atoms with van der Waals surface area (Å²) >= 11 is 3.37. The molecule has 0 aromatic heterocycles. The van der Waals surface area contributed by atoms with E-state index in [4.69, 9.17) is 9.31 Å². The van der Waals surface area contributed by atoms with E-state index < -0.39 is 7.12 Å². The van der Waals surface area contributed by atoms with Gasteiger partial charge in [0, 0.05) is 0 Å². The number of hydrogen-bond acceptors (Lipinski definition) is 4. The number of anilines is 2. The van der Waals surface area contributed by atoms with Crippen LogP contribution in [0.25, 0.3) is 0 Å². The van der Waals surface area contributed by atoms with Crippen molar-refractivity contribution in [2.75, 3.05) is 9.80 Å². The summed E-state index contributed by atoms with van der Waals surface area (Å²) in [5.41, 5.74) is 10.8. The molecule has 2 heterocycles. The van der Waals surface area contributed by atoms with Crippen molar-refractivity contribution in [2.45, 2.75) is 54.0 Å². The molecule has 0 unspecified atom stereocenters. The molecule has 33 heavy (non-hydrogen) atoms. The summed E-state index contributed by atoms with van der Waals surface area (Å²) in [5.74, 6) is 0. The Hall–Kier alpha value is -2.37. The zero-order valence-electron chi connectivity index (χ0n) is 20.0. The van der Waals surface area contributed by atoms with Crippen LogP contribution in [0, 0.1) is 41.5 Å². The van der Waals surface area contributed by atoms with Gasteiger partial charge in [0.15, 0.2) is 0 Å². The fourth-order valence-electron chi connectivity index (χ4n) is 5.45. The first kappa shape index (κ1) is 22.4. The predicted octanol–water partition coefficient (Wildman–Crippen LogP) is 4.21. The predicted molar refractivity (Wildman–Crippen MR) is 139 cm³/mol. The van der Waals surface area contributed by atoms with Crippen molar-refractivity contribution in [1.29, 1.82) is 0 Å². The van der Waals surface area contributed by atoms with Gasteiger partial charge in [-0.3, -0.25) is 0 Å². The van der Waals surface area contributed by atoms with Crippen molar-refractivity contribution in [3.8, 4) is 0 Å². The third kappa shape index (κ3) is 3.75. The summed E-state index contributed by atoms with van der Waals surface area (Å²) < 4.78 is 14.3. The van der Waals surface area contributed by atoms with Gasteiger partial charge < -0.3 is 0 Å². The second kappa shape index (κ2) is 8.45. The number of rotatable bonds is 3. The average Bonchev–Trinajstić information content (AvgIpc) is 3.27. The van der Waals surface area contributed by atoms with E-state index in [1.165, 1.54) is 44.8 Å². The Morgan fingerprint density at radius 1 is 0.667 bits per heavy atom. The molecular weight excluding hydrogens is 474 g/mol. The van der Waals surface area contributed by atoms with Crippen LogP contribution in [0.2, 0.25) is 0 Å². The van der Waals surface area contributed by atoms with Crippen LogP contribution in [0.5, 0.6) is 0 Å². The van der Waals surface area contributed by atoms with E-state index in [1.807, 2.05) is 18.2 Å². The van der Waals surface area contributed by atoms with Gasteiger partial charge in [-0.1, -0.05) is 0 Å². The number of nitrogens with zero attached hydrogens (tertiary/aromatic N) is 2. The maximum atomic E-state index is 6.63. The van der Waals surface area contributed by atoms with Gasteiger partial charge in [0.2, 0.25) is 0 Å². The van der Waals surface area contributed by atoms with Gasteiger partial charge >= 0.3 is 205 Å². The molecule has 2 aliphatic heterocycles.